The van der Waals surface area contributed by atoms with Crippen LogP contribution in [-0.2, 0) is 16.4 Å². The third kappa shape index (κ3) is 5.59. The van der Waals surface area contributed by atoms with E-state index in [1.807, 2.05) is 50.6 Å². The molecule has 0 radical (unpaired) electrons. The second-order valence-electron chi connectivity index (χ2n) is 8.43. The predicted octanol–water partition coefficient (Wildman–Crippen LogP) is 2.82. The normalized spacial score (nSPS) is 19.5. The zero-order chi connectivity index (χ0) is 21.8. The number of H-pyrrole nitrogens is 1. The lowest BCUT2D eigenvalue weighted by Gasteiger charge is -2.34. The number of aromatic amines is 1. The molecule has 0 aromatic carbocycles. The number of hydrogen-bond acceptors (Lipinski definition) is 6. The Bertz CT molecular complexity index is 1120. The molecule has 9 heteroatoms. The summed E-state index contributed by atoms with van der Waals surface area (Å²) in [7, 11) is -1.27. The molecule has 1 fully saturated rings. The second kappa shape index (κ2) is 9.32. The van der Waals surface area contributed by atoms with E-state index in [0.29, 0.717) is 25.0 Å². The number of nitrogens with zero attached hydrogens (tertiary/aromatic N) is 4. The summed E-state index contributed by atoms with van der Waals surface area (Å²) >= 11 is 0. The average Bonchev–Trinajstić information content (AvgIpc) is 3.21. The Labute approximate surface area is 183 Å². The van der Waals surface area contributed by atoms with Crippen molar-refractivity contribution < 1.29 is 8.42 Å². The molecule has 0 unspecified atom stereocenters. The Morgan fingerprint density at radius 1 is 1.16 bits per heavy atom. The number of sulfonamides is 1. The fraction of sp³-hybridized carbons (Fsp3) is 0.500. The van der Waals surface area contributed by atoms with Crippen LogP contribution >= 0.6 is 0 Å². The molecule has 0 spiro atoms. The van der Waals surface area contributed by atoms with Crippen molar-refractivity contribution in [1.82, 2.24) is 24.7 Å². The smallest absolute Gasteiger partial charge is 0.227 e. The van der Waals surface area contributed by atoms with Crippen molar-refractivity contribution in [3.63, 3.8) is 0 Å². The van der Waals surface area contributed by atoms with E-state index in [9.17, 15) is 8.42 Å². The van der Waals surface area contributed by atoms with Gasteiger partial charge in [0, 0.05) is 55.2 Å². The average molecular weight is 443 g/mol. The summed E-state index contributed by atoms with van der Waals surface area (Å²) in [6, 6.07) is 8.09. The van der Waals surface area contributed by atoms with Crippen LogP contribution < -0.4 is 9.62 Å². The summed E-state index contributed by atoms with van der Waals surface area (Å²) in [6.45, 7) is 2.32. The van der Waals surface area contributed by atoms with Gasteiger partial charge in [-0.1, -0.05) is 6.07 Å². The van der Waals surface area contributed by atoms with Crippen LogP contribution in [0, 0.1) is 12.8 Å². The Morgan fingerprint density at radius 3 is 2.74 bits per heavy atom. The first-order valence-electron chi connectivity index (χ1n) is 10.8. The summed E-state index contributed by atoms with van der Waals surface area (Å²) in [5.41, 5.74) is 2.69. The molecule has 3 aromatic heterocycles. The van der Waals surface area contributed by atoms with E-state index in [2.05, 4.69) is 29.6 Å². The fourth-order valence-electron chi connectivity index (χ4n) is 4.30. The van der Waals surface area contributed by atoms with Crippen LogP contribution in [-0.4, -0.2) is 53.7 Å². The molecular formula is C22H30N6O2S. The molecule has 3 aromatic rings. The molecule has 1 aliphatic carbocycles. The van der Waals surface area contributed by atoms with Gasteiger partial charge in [0.2, 0.25) is 16.0 Å². The summed E-state index contributed by atoms with van der Waals surface area (Å²) in [4.78, 5) is 18.8. The highest BCUT2D eigenvalue weighted by atomic mass is 32.2. The van der Waals surface area contributed by atoms with Gasteiger partial charge in [-0.3, -0.25) is 4.98 Å². The number of anilines is 1. The van der Waals surface area contributed by atoms with Crippen molar-refractivity contribution in [2.75, 3.05) is 24.2 Å². The van der Waals surface area contributed by atoms with E-state index >= 15 is 0 Å². The molecule has 4 rings (SSSR count). The monoisotopic (exact) mass is 442 g/mol. The van der Waals surface area contributed by atoms with Crippen LogP contribution in [0.3, 0.4) is 0 Å². The van der Waals surface area contributed by atoms with Crippen LogP contribution in [0.2, 0.25) is 0 Å². The number of rotatable bonds is 8. The lowest BCUT2D eigenvalue weighted by Crippen LogP contribution is -2.38. The number of fused-ring (bicyclic) bond motifs is 1. The summed E-state index contributed by atoms with van der Waals surface area (Å²) in [5, 5.41) is 0.997. The maximum absolute atomic E-state index is 12.5. The van der Waals surface area contributed by atoms with Gasteiger partial charge in [-0.05, 0) is 56.7 Å². The van der Waals surface area contributed by atoms with Gasteiger partial charge in [-0.2, -0.15) is 4.98 Å². The molecule has 0 saturated heterocycles. The van der Waals surface area contributed by atoms with Crippen LogP contribution in [0.4, 0.5) is 5.95 Å². The molecule has 0 aliphatic heterocycles. The SMILES string of the molecule is Cc1cccc(CCNS(=O)(=O)CC2CCC(N(C)c3ncc4cc[nH]c4n3)CC2)n1. The maximum atomic E-state index is 12.5. The van der Waals surface area contributed by atoms with E-state index < -0.39 is 10.0 Å². The van der Waals surface area contributed by atoms with Crippen molar-refractivity contribution in [3.05, 3.63) is 48.0 Å². The van der Waals surface area contributed by atoms with Gasteiger partial charge in [0.15, 0.2) is 0 Å². The quantitative estimate of drug-likeness (QED) is 0.556. The first-order valence-corrected chi connectivity index (χ1v) is 12.5. The minimum absolute atomic E-state index is 0.186. The summed E-state index contributed by atoms with van der Waals surface area (Å²) in [6.07, 6.45) is 7.96. The fourth-order valence-corrected chi connectivity index (χ4v) is 5.79. The van der Waals surface area contributed by atoms with Crippen LogP contribution in [0.5, 0.6) is 0 Å². The third-order valence-corrected chi connectivity index (χ3v) is 7.63. The van der Waals surface area contributed by atoms with E-state index in [4.69, 9.17) is 0 Å². The van der Waals surface area contributed by atoms with Gasteiger partial charge in [-0.25, -0.2) is 18.1 Å². The highest BCUT2D eigenvalue weighted by Gasteiger charge is 2.28. The minimum atomic E-state index is -3.29. The largest absolute Gasteiger partial charge is 0.346 e. The first-order chi connectivity index (χ1) is 14.9. The van der Waals surface area contributed by atoms with Crippen molar-refractivity contribution in [1.29, 1.82) is 0 Å². The predicted molar refractivity (Wildman–Crippen MR) is 123 cm³/mol. The van der Waals surface area contributed by atoms with Crippen molar-refractivity contribution >= 4 is 27.0 Å². The third-order valence-electron chi connectivity index (χ3n) is 6.07. The number of nitrogens with one attached hydrogen (secondary N) is 2. The van der Waals surface area contributed by atoms with Gasteiger partial charge >= 0.3 is 0 Å². The Morgan fingerprint density at radius 2 is 1.97 bits per heavy atom. The number of hydrogen-bond donors (Lipinski definition) is 2. The number of aryl methyl sites for hydroxylation is 1. The molecule has 0 amide bonds. The van der Waals surface area contributed by atoms with Gasteiger partial charge in [0.05, 0.1) is 5.75 Å². The summed E-state index contributed by atoms with van der Waals surface area (Å²) < 4.78 is 27.8. The Balaban J connectivity index is 1.25. The molecule has 8 nitrogen and oxygen atoms in total. The van der Waals surface area contributed by atoms with Crippen molar-refractivity contribution in [2.24, 2.45) is 5.92 Å². The molecule has 31 heavy (non-hydrogen) atoms. The van der Waals surface area contributed by atoms with E-state index in [1.165, 1.54) is 0 Å². The molecular weight excluding hydrogens is 412 g/mol. The van der Waals surface area contributed by atoms with Gasteiger partial charge in [0.1, 0.15) is 5.65 Å². The van der Waals surface area contributed by atoms with E-state index in [0.717, 1.165) is 48.1 Å². The van der Waals surface area contributed by atoms with Crippen LogP contribution in [0.25, 0.3) is 11.0 Å². The lowest BCUT2D eigenvalue weighted by molar-refractivity contribution is 0.339. The zero-order valence-electron chi connectivity index (χ0n) is 18.1. The molecule has 2 N–H and O–H groups in total. The molecule has 166 valence electrons. The number of aromatic nitrogens is 4. The lowest BCUT2D eigenvalue weighted by atomic mass is 9.87. The zero-order valence-corrected chi connectivity index (χ0v) is 18.9. The molecule has 1 aliphatic rings. The van der Waals surface area contributed by atoms with E-state index in [-0.39, 0.29) is 11.7 Å². The van der Waals surface area contributed by atoms with Gasteiger partial charge < -0.3 is 9.88 Å². The standard InChI is InChI=1S/C22H30N6O2S/c1-16-4-3-5-19(26-16)11-13-25-31(29,30)15-17-6-8-20(9-7-17)28(2)22-24-14-18-10-12-23-21(18)27-22/h3-5,10,12,14,17,20,25H,6-9,11,13,15H2,1-2H3,(H,23,24,27). The molecule has 1 saturated carbocycles. The maximum Gasteiger partial charge on any atom is 0.227 e. The van der Waals surface area contributed by atoms with Crippen molar-refractivity contribution in [2.45, 2.75) is 45.1 Å². The topological polar surface area (TPSA) is 104 Å². The van der Waals surface area contributed by atoms with Crippen molar-refractivity contribution in [3.8, 4) is 0 Å². The van der Waals surface area contributed by atoms with Crippen LogP contribution in [0.1, 0.15) is 37.1 Å². The number of pyridine rings is 1. The highest BCUT2D eigenvalue weighted by Crippen LogP contribution is 2.29. The Hall–Kier alpha value is -2.52. The van der Waals surface area contributed by atoms with E-state index in [1.54, 1.807) is 0 Å². The van der Waals surface area contributed by atoms with Gasteiger partial charge in [-0.15, -0.1) is 0 Å². The Kier molecular flexibility index (Phi) is 6.52. The minimum Gasteiger partial charge on any atom is -0.346 e. The highest BCUT2D eigenvalue weighted by molar-refractivity contribution is 7.89. The van der Waals surface area contributed by atoms with Gasteiger partial charge in [0.25, 0.3) is 0 Å². The second-order valence-corrected chi connectivity index (χ2v) is 10.3. The van der Waals surface area contributed by atoms with Crippen LogP contribution in [0.15, 0.2) is 36.7 Å². The molecule has 0 atom stereocenters. The first kappa shape index (κ1) is 21.7. The summed E-state index contributed by atoms with van der Waals surface area (Å²) in [5.74, 6) is 1.08. The molecule has 3 heterocycles. The molecule has 0 bridgehead atoms.